The molecule has 0 saturated heterocycles. The van der Waals surface area contributed by atoms with Gasteiger partial charge < -0.3 is 14.6 Å². The zero-order valence-corrected chi connectivity index (χ0v) is 24.4. The van der Waals surface area contributed by atoms with Crippen molar-refractivity contribution in [1.82, 2.24) is 0 Å². The van der Waals surface area contributed by atoms with Crippen LogP contribution < -0.4 is 4.74 Å². The molecule has 1 fully saturated rings. The van der Waals surface area contributed by atoms with Gasteiger partial charge in [0.1, 0.15) is 19.0 Å². The predicted molar refractivity (Wildman–Crippen MR) is 165 cm³/mol. The number of rotatable bonds is 14. The van der Waals surface area contributed by atoms with Crippen molar-refractivity contribution >= 4 is 16.7 Å². The second kappa shape index (κ2) is 15.0. The van der Waals surface area contributed by atoms with E-state index in [4.69, 9.17) is 9.47 Å². The Morgan fingerprint density at radius 3 is 2.38 bits per heavy atom. The van der Waals surface area contributed by atoms with E-state index in [1.165, 1.54) is 62.5 Å². The average Bonchev–Trinajstić information content (AvgIpc) is 2.98. The van der Waals surface area contributed by atoms with Gasteiger partial charge in [-0.1, -0.05) is 81.7 Å². The first-order valence-corrected chi connectivity index (χ1v) is 15.2. The summed E-state index contributed by atoms with van der Waals surface area (Å²) in [5, 5.41) is 11.4. The summed E-state index contributed by atoms with van der Waals surface area (Å²) >= 11 is 0. The lowest BCUT2D eigenvalue weighted by Crippen LogP contribution is -2.13. The normalized spacial score (nSPS) is 17.1. The summed E-state index contributed by atoms with van der Waals surface area (Å²) in [6.45, 7) is 8.12. The fourth-order valence-electron chi connectivity index (χ4n) is 5.93. The molecule has 1 N–H and O–H groups in total. The van der Waals surface area contributed by atoms with Crippen molar-refractivity contribution in [2.45, 2.75) is 84.0 Å². The van der Waals surface area contributed by atoms with Gasteiger partial charge in [0.15, 0.2) is 0 Å². The number of ether oxygens (including phenoxy) is 2. The van der Waals surface area contributed by atoms with Crippen LogP contribution in [-0.2, 0) is 16.0 Å². The number of esters is 1. The zero-order valence-electron chi connectivity index (χ0n) is 24.4. The monoisotopic (exact) mass is 542 g/mol. The van der Waals surface area contributed by atoms with Gasteiger partial charge >= 0.3 is 5.97 Å². The van der Waals surface area contributed by atoms with Crippen LogP contribution in [0.15, 0.2) is 66.7 Å². The molecule has 0 atom stereocenters. The maximum atomic E-state index is 11.7. The summed E-state index contributed by atoms with van der Waals surface area (Å²) in [5.41, 5.74) is 5.32. The van der Waals surface area contributed by atoms with Gasteiger partial charge in [-0.15, -0.1) is 0 Å². The van der Waals surface area contributed by atoms with Gasteiger partial charge in [0.25, 0.3) is 0 Å². The SMILES string of the molecule is C=C(C)C(=O)OCCOc1cc(CCCO)cc2ccc(-c3ccc(C4CCC(CCCCC)CC4)cc3)cc12. The lowest BCUT2D eigenvalue weighted by Gasteiger charge is -2.29. The van der Waals surface area contributed by atoms with Crippen LogP contribution in [0.25, 0.3) is 21.9 Å². The summed E-state index contributed by atoms with van der Waals surface area (Å²) in [4.78, 5) is 11.7. The molecule has 0 amide bonds. The maximum absolute atomic E-state index is 11.7. The highest BCUT2D eigenvalue weighted by atomic mass is 16.6. The third-order valence-corrected chi connectivity index (χ3v) is 8.30. The smallest absolute Gasteiger partial charge is 0.333 e. The molecule has 4 nitrogen and oxygen atoms in total. The van der Waals surface area contributed by atoms with Gasteiger partial charge in [0.2, 0.25) is 0 Å². The number of benzene rings is 3. The molecule has 214 valence electrons. The molecule has 0 spiro atoms. The number of aryl methyl sites for hydroxylation is 1. The number of aliphatic hydroxyl groups is 1. The summed E-state index contributed by atoms with van der Waals surface area (Å²) in [6, 6.07) is 19.9. The van der Waals surface area contributed by atoms with Crippen molar-refractivity contribution in [3.8, 4) is 16.9 Å². The Morgan fingerprint density at radius 2 is 1.68 bits per heavy atom. The Kier molecular flexibility index (Phi) is 11.2. The van der Waals surface area contributed by atoms with E-state index in [1.807, 2.05) is 6.07 Å². The first-order chi connectivity index (χ1) is 19.5. The molecule has 0 heterocycles. The molecular formula is C36H46O4. The van der Waals surface area contributed by atoms with Gasteiger partial charge in [0, 0.05) is 17.6 Å². The topological polar surface area (TPSA) is 55.8 Å². The number of carbonyl (C=O) groups is 1. The van der Waals surface area contributed by atoms with Crippen LogP contribution in [0.3, 0.4) is 0 Å². The number of hydrogen-bond acceptors (Lipinski definition) is 4. The van der Waals surface area contributed by atoms with E-state index in [-0.39, 0.29) is 19.8 Å². The quantitative estimate of drug-likeness (QED) is 0.126. The van der Waals surface area contributed by atoms with Crippen molar-refractivity contribution in [3.05, 3.63) is 77.9 Å². The highest BCUT2D eigenvalue weighted by Gasteiger charge is 2.22. The van der Waals surface area contributed by atoms with Crippen molar-refractivity contribution in [1.29, 1.82) is 0 Å². The lowest BCUT2D eigenvalue weighted by molar-refractivity contribution is -0.139. The second-order valence-corrected chi connectivity index (χ2v) is 11.5. The Bertz CT molecular complexity index is 1250. The van der Waals surface area contributed by atoms with E-state index in [1.54, 1.807) is 6.92 Å². The molecular weight excluding hydrogens is 496 g/mol. The Hall–Kier alpha value is -3.11. The van der Waals surface area contributed by atoms with Crippen LogP contribution in [0, 0.1) is 5.92 Å². The first-order valence-electron chi connectivity index (χ1n) is 15.2. The van der Waals surface area contributed by atoms with E-state index < -0.39 is 5.97 Å². The van der Waals surface area contributed by atoms with E-state index in [0.29, 0.717) is 17.9 Å². The molecule has 40 heavy (non-hydrogen) atoms. The van der Waals surface area contributed by atoms with Crippen molar-refractivity contribution in [2.75, 3.05) is 19.8 Å². The van der Waals surface area contributed by atoms with Crippen LogP contribution in [0.1, 0.15) is 88.7 Å². The van der Waals surface area contributed by atoms with Crippen molar-refractivity contribution < 1.29 is 19.4 Å². The molecule has 3 aromatic carbocycles. The molecule has 1 aliphatic rings. The molecule has 0 aliphatic heterocycles. The number of aliphatic hydroxyl groups excluding tert-OH is 1. The molecule has 4 rings (SSSR count). The summed E-state index contributed by atoms with van der Waals surface area (Å²) < 4.78 is 11.3. The van der Waals surface area contributed by atoms with Crippen molar-refractivity contribution in [2.24, 2.45) is 5.92 Å². The van der Waals surface area contributed by atoms with Gasteiger partial charge in [-0.3, -0.25) is 0 Å². The largest absolute Gasteiger partial charge is 0.489 e. The summed E-state index contributed by atoms with van der Waals surface area (Å²) in [5.74, 6) is 1.98. The number of carbonyl (C=O) groups excluding carboxylic acids is 1. The van der Waals surface area contributed by atoms with E-state index >= 15 is 0 Å². The first kappa shape index (κ1) is 29.9. The summed E-state index contributed by atoms with van der Waals surface area (Å²) in [6.07, 6.45) is 12.3. The average molecular weight is 543 g/mol. The van der Waals surface area contributed by atoms with Gasteiger partial charge in [-0.2, -0.15) is 0 Å². The maximum Gasteiger partial charge on any atom is 0.333 e. The van der Waals surface area contributed by atoms with Crippen molar-refractivity contribution in [3.63, 3.8) is 0 Å². The third kappa shape index (κ3) is 8.20. The molecule has 1 saturated carbocycles. The Balaban J connectivity index is 1.47. The lowest BCUT2D eigenvalue weighted by atomic mass is 9.77. The van der Waals surface area contributed by atoms with Crippen LogP contribution in [0.2, 0.25) is 0 Å². The second-order valence-electron chi connectivity index (χ2n) is 11.5. The van der Waals surface area contributed by atoms with Gasteiger partial charge in [0.05, 0.1) is 0 Å². The van der Waals surface area contributed by atoms with Crippen LogP contribution in [-0.4, -0.2) is 30.9 Å². The molecule has 0 bridgehead atoms. The predicted octanol–water partition coefficient (Wildman–Crippen LogP) is 8.78. The van der Waals surface area contributed by atoms with Gasteiger partial charge in [-0.25, -0.2) is 4.79 Å². The van der Waals surface area contributed by atoms with Crippen LogP contribution in [0.4, 0.5) is 0 Å². The number of unbranched alkanes of at least 4 members (excludes halogenated alkanes) is 2. The fourth-order valence-corrected chi connectivity index (χ4v) is 5.93. The standard InChI is InChI=1S/C36H46O4/c1-4-5-6-8-27-10-12-29(13-11-27)30-14-16-31(17-15-30)32-18-19-33-23-28(9-7-20-37)24-35(34(33)25-32)39-21-22-40-36(38)26(2)3/h14-19,23-25,27,29,37H,2,4-13,20-22H2,1,3H3. The fraction of sp³-hybridized carbons (Fsp3) is 0.472. The highest BCUT2D eigenvalue weighted by Crippen LogP contribution is 2.39. The van der Waals surface area contributed by atoms with Crippen LogP contribution in [0.5, 0.6) is 5.75 Å². The molecule has 4 heteroatoms. The summed E-state index contributed by atoms with van der Waals surface area (Å²) in [7, 11) is 0. The van der Waals surface area contributed by atoms with Crippen LogP contribution >= 0.6 is 0 Å². The number of hydrogen-bond donors (Lipinski definition) is 1. The van der Waals surface area contributed by atoms with E-state index in [0.717, 1.165) is 40.0 Å². The Morgan fingerprint density at radius 1 is 0.925 bits per heavy atom. The third-order valence-electron chi connectivity index (χ3n) is 8.30. The minimum atomic E-state index is -0.407. The van der Waals surface area contributed by atoms with Gasteiger partial charge in [-0.05, 0) is 97.1 Å². The Labute approximate surface area is 240 Å². The zero-order chi connectivity index (χ0) is 28.3. The molecule has 0 radical (unpaired) electrons. The van der Waals surface area contributed by atoms with E-state index in [2.05, 4.69) is 62.0 Å². The number of fused-ring (bicyclic) bond motifs is 1. The molecule has 0 unspecified atom stereocenters. The minimum Gasteiger partial charge on any atom is -0.489 e. The molecule has 1 aliphatic carbocycles. The highest BCUT2D eigenvalue weighted by molar-refractivity contribution is 5.93. The molecule has 3 aromatic rings. The molecule has 0 aromatic heterocycles. The minimum absolute atomic E-state index is 0.153. The van der Waals surface area contributed by atoms with E-state index in [9.17, 15) is 9.90 Å².